The predicted octanol–water partition coefficient (Wildman–Crippen LogP) is 2.78. The summed E-state index contributed by atoms with van der Waals surface area (Å²) in [5, 5.41) is 0. The quantitative estimate of drug-likeness (QED) is 0.769. The molecule has 98 valence electrons. The highest BCUT2D eigenvalue weighted by atomic mass is 16.5. The predicted molar refractivity (Wildman–Crippen MR) is 71.2 cm³/mol. The molecule has 1 aromatic rings. The van der Waals surface area contributed by atoms with Gasteiger partial charge in [-0.15, -0.1) is 0 Å². The van der Waals surface area contributed by atoms with Crippen molar-refractivity contribution in [2.45, 2.75) is 31.7 Å². The van der Waals surface area contributed by atoms with Gasteiger partial charge in [0.15, 0.2) is 0 Å². The number of hydrogen-bond acceptors (Lipinski definition) is 3. The third kappa shape index (κ3) is 3.10. The molecular weight excluding hydrogens is 226 g/mol. The van der Waals surface area contributed by atoms with Gasteiger partial charge in [-0.3, -0.25) is 4.90 Å². The number of likely N-dealkylation sites (tertiary alicyclic amines) is 1. The molecule has 0 spiro atoms. The second-order valence-electron chi connectivity index (χ2n) is 4.79. The molecular formula is C15H21NO2. The summed E-state index contributed by atoms with van der Waals surface area (Å²) >= 11 is 0. The number of hydrogen-bond donors (Lipinski definition) is 0. The average Bonchev–Trinajstić information content (AvgIpc) is 2.69. The maximum atomic E-state index is 12.1. The molecule has 3 nitrogen and oxygen atoms in total. The Morgan fingerprint density at radius 1 is 1.11 bits per heavy atom. The lowest BCUT2D eigenvalue weighted by atomic mass is 10.1. The first-order chi connectivity index (χ1) is 8.83. The lowest BCUT2D eigenvalue weighted by Crippen LogP contribution is -2.35. The number of methoxy groups -OCH3 is 1. The Labute approximate surface area is 109 Å². The molecule has 3 heteroatoms. The maximum absolute atomic E-state index is 12.1. The normalized spacial score (nSPS) is 18.9. The van der Waals surface area contributed by atoms with Crippen molar-refractivity contribution in [3.8, 4) is 0 Å². The van der Waals surface area contributed by atoms with Crippen LogP contribution in [-0.4, -0.2) is 31.1 Å². The first kappa shape index (κ1) is 13.1. The van der Waals surface area contributed by atoms with Gasteiger partial charge in [-0.2, -0.15) is 0 Å². The highest BCUT2D eigenvalue weighted by molar-refractivity contribution is 5.77. The molecule has 0 radical (unpaired) electrons. The van der Waals surface area contributed by atoms with Crippen LogP contribution >= 0.6 is 0 Å². The second-order valence-corrected chi connectivity index (χ2v) is 4.79. The zero-order chi connectivity index (χ0) is 12.8. The van der Waals surface area contributed by atoms with Crippen molar-refractivity contribution in [2.75, 3.05) is 20.2 Å². The van der Waals surface area contributed by atoms with Crippen LogP contribution in [-0.2, 0) is 9.53 Å². The molecule has 0 bridgehead atoms. The minimum absolute atomic E-state index is 0.150. The highest BCUT2D eigenvalue weighted by Gasteiger charge is 2.28. The Morgan fingerprint density at radius 2 is 1.72 bits per heavy atom. The van der Waals surface area contributed by atoms with Crippen molar-refractivity contribution in [3.05, 3.63) is 35.9 Å². The highest BCUT2D eigenvalue weighted by Crippen LogP contribution is 2.25. The Bertz CT molecular complexity index is 369. The molecule has 18 heavy (non-hydrogen) atoms. The van der Waals surface area contributed by atoms with Crippen molar-refractivity contribution < 1.29 is 9.53 Å². The Balaban J connectivity index is 2.21. The molecule has 0 aromatic heterocycles. The summed E-state index contributed by atoms with van der Waals surface area (Å²) in [5.74, 6) is -0.150. The fraction of sp³-hybridized carbons (Fsp3) is 0.533. The molecule has 1 fully saturated rings. The monoisotopic (exact) mass is 247 g/mol. The van der Waals surface area contributed by atoms with E-state index in [0.717, 1.165) is 18.7 Å². The van der Waals surface area contributed by atoms with Crippen molar-refractivity contribution in [2.24, 2.45) is 0 Å². The van der Waals surface area contributed by atoms with Crippen LogP contribution in [0.2, 0.25) is 0 Å². The van der Waals surface area contributed by atoms with Crippen molar-refractivity contribution in [3.63, 3.8) is 0 Å². The van der Waals surface area contributed by atoms with Gasteiger partial charge in [0.1, 0.15) is 6.04 Å². The van der Waals surface area contributed by atoms with Crippen LogP contribution in [0.25, 0.3) is 0 Å². The summed E-state index contributed by atoms with van der Waals surface area (Å²) in [5.41, 5.74) is 1.03. The zero-order valence-electron chi connectivity index (χ0n) is 11.0. The number of carbonyl (C=O) groups is 1. The maximum Gasteiger partial charge on any atom is 0.327 e. The lowest BCUT2D eigenvalue weighted by molar-refractivity contribution is -0.147. The van der Waals surface area contributed by atoms with Gasteiger partial charge in [0.2, 0.25) is 0 Å². The molecule has 1 aliphatic heterocycles. The van der Waals surface area contributed by atoms with Crippen LogP contribution in [0.15, 0.2) is 30.3 Å². The van der Waals surface area contributed by atoms with E-state index in [-0.39, 0.29) is 12.0 Å². The van der Waals surface area contributed by atoms with Gasteiger partial charge < -0.3 is 4.74 Å². The van der Waals surface area contributed by atoms with Gasteiger partial charge in [0.05, 0.1) is 7.11 Å². The third-order valence-corrected chi connectivity index (χ3v) is 3.55. The first-order valence-electron chi connectivity index (χ1n) is 6.70. The summed E-state index contributed by atoms with van der Waals surface area (Å²) < 4.78 is 4.98. The van der Waals surface area contributed by atoms with E-state index >= 15 is 0 Å². The molecule has 1 heterocycles. The molecule has 0 saturated carbocycles. The molecule has 0 N–H and O–H groups in total. The van der Waals surface area contributed by atoms with Crippen molar-refractivity contribution in [1.29, 1.82) is 0 Å². The van der Waals surface area contributed by atoms with Gasteiger partial charge in [0.25, 0.3) is 0 Å². The van der Waals surface area contributed by atoms with E-state index in [1.54, 1.807) is 0 Å². The van der Waals surface area contributed by atoms with Gasteiger partial charge in [-0.05, 0) is 31.5 Å². The zero-order valence-corrected chi connectivity index (χ0v) is 11.0. The van der Waals surface area contributed by atoms with Crippen LogP contribution in [0.1, 0.15) is 37.3 Å². The minimum atomic E-state index is -0.241. The van der Waals surface area contributed by atoms with Gasteiger partial charge in [-0.25, -0.2) is 4.79 Å². The molecule has 1 aromatic carbocycles. The number of ether oxygens (including phenoxy) is 1. The number of benzene rings is 1. The number of esters is 1. The molecule has 1 saturated heterocycles. The van der Waals surface area contributed by atoms with Crippen LogP contribution in [0.4, 0.5) is 0 Å². The minimum Gasteiger partial charge on any atom is -0.468 e. The largest absolute Gasteiger partial charge is 0.468 e. The summed E-state index contributed by atoms with van der Waals surface area (Å²) in [7, 11) is 1.47. The average molecular weight is 247 g/mol. The Kier molecular flexibility index (Phi) is 4.76. The van der Waals surface area contributed by atoms with E-state index in [1.807, 2.05) is 30.3 Å². The SMILES string of the molecule is COC(=O)[C@@H](c1ccccc1)N1CCCCCC1. The van der Waals surface area contributed by atoms with Crippen molar-refractivity contribution >= 4 is 5.97 Å². The van der Waals surface area contributed by atoms with Gasteiger partial charge in [0, 0.05) is 0 Å². The summed E-state index contributed by atoms with van der Waals surface area (Å²) in [4.78, 5) is 14.3. The molecule has 2 rings (SSSR count). The first-order valence-corrected chi connectivity index (χ1v) is 6.70. The summed E-state index contributed by atoms with van der Waals surface area (Å²) in [6.45, 7) is 1.96. The Morgan fingerprint density at radius 3 is 2.28 bits per heavy atom. The van der Waals surface area contributed by atoms with E-state index < -0.39 is 0 Å². The topological polar surface area (TPSA) is 29.5 Å². The van der Waals surface area contributed by atoms with E-state index in [2.05, 4.69) is 4.90 Å². The summed E-state index contributed by atoms with van der Waals surface area (Å²) in [6.07, 6.45) is 4.86. The number of rotatable bonds is 3. The van der Waals surface area contributed by atoms with Crippen LogP contribution in [0.3, 0.4) is 0 Å². The molecule has 1 aliphatic rings. The van der Waals surface area contributed by atoms with E-state index in [9.17, 15) is 4.79 Å². The van der Waals surface area contributed by atoms with Crippen LogP contribution in [0, 0.1) is 0 Å². The fourth-order valence-electron chi connectivity index (χ4n) is 2.60. The van der Waals surface area contributed by atoms with Crippen LogP contribution in [0.5, 0.6) is 0 Å². The molecule has 0 aliphatic carbocycles. The molecule has 0 unspecified atom stereocenters. The summed E-state index contributed by atoms with van der Waals surface area (Å²) in [6, 6.07) is 9.69. The van der Waals surface area contributed by atoms with Crippen LogP contribution < -0.4 is 0 Å². The van der Waals surface area contributed by atoms with E-state index in [4.69, 9.17) is 4.74 Å². The molecule has 1 atom stereocenters. The number of carbonyl (C=O) groups excluding carboxylic acids is 1. The van der Waals surface area contributed by atoms with Gasteiger partial charge >= 0.3 is 5.97 Å². The number of nitrogens with zero attached hydrogens (tertiary/aromatic N) is 1. The lowest BCUT2D eigenvalue weighted by Gasteiger charge is -2.28. The Hall–Kier alpha value is -1.35. The molecule has 0 amide bonds. The fourth-order valence-corrected chi connectivity index (χ4v) is 2.60. The standard InChI is InChI=1S/C15H21NO2/c1-18-15(17)14(13-9-5-4-6-10-13)16-11-7-2-3-8-12-16/h4-6,9-10,14H,2-3,7-8,11-12H2,1H3/t14-/m1/s1. The third-order valence-electron chi connectivity index (χ3n) is 3.55. The smallest absolute Gasteiger partial charge is 0.327 e. The van der Waals surface area contributed by atoms with E-state index in [1.165, 1.54) is 32.8 Å². The van der Waals surface area contributed by atoms with Crippen molar-refractivity contribution in [1.82, 2.24) is 4.90 Å². The second kappa shape index (κ2) is 6.55. The van der Waals surface area contributed by atoms with E-state index in [0.29, 0.717) is 0 Å². The van der Waals surface area contributed by atoms with Gasteiger partial charge in [-0.1, -0.05) is 43.2 Å².